The summed E-state index contributed by atoms with van der Waals surface area (Å²) >= 11 is 0. The average Bonchev–Trinajstić information content (AvgIpc) is 2.59. The van der Waals surface area contributed by atoms with Crippen LogP contribution in [0.1, 0.15) is 15.9 Å². The minimum absolute atomic E-state index is 0.0778. The zero-order valence-electron chi connectivity index (χ0n) is 12.3. The van der Waals surface area contributed by atoms with Crippen LogP contribution >= 0.6 is 0 Å². The molecule has 0 atom stereocenters. The predicted molar refractivity (Wildman–Crippen MR) is 85.1 cm³/mol. The summed E-state index contributed by atoms with van der Waals surface area (Å²) in [5.74, 6) is 4.20. The number of hydrogen-bond donors (Lipinski definition) is 2. The van der Waals surface area contributed by atoms with E-state index in [2.05, 4.69) is 22.5 Å². The first-order valence-electron chi connectivity index (χ1n) is 7.00. The summed E-state index contributed by atoms with van der Waals surface area (Å²) in [4.78, 5) is 23.3. The van der Waals surface area contributed by atoms with Crippen molar-refractivity contribution in [3.8, 4) is 11.8 Å². The van der Waals surface area contributed by atoms with E-state index in [0.29, 0.717) is 5.56 Å². The largest absolute Gasteiger partial charge is 0.344 e. The lowest BCUT2D eigenvalue weighted by atomic mass is 10.2. The first-order chi connectivity index (χ1) is 11.2. The molecule has 0 unspecified atom stereocenters. The van der Waals surface area contributed by atoms with E-state index in [1.807, 2.05) is 0 Å². The molecule has 0 aliphatic carbocycles. The van der Waals surface area contributed by atoms with Gasteiger partial charge in [-0.15, -0.1) is 0 Å². The highest BCUT2D eigenvalue weighted by Crippen LogP contribution is 2.03. The number of rotatable bonds is 4. The molecule has 116 valence electrons. The normalized spacial score (nSPS) is 9.43. The summed E-state index contributed by atoms with van der Waals surface area (Å²) in [5, 5.41) is 5.04. The van der Waals surface area contributed by atoms with Gasteiger partial charge in [-0.25, -0.2) is 4.39 Å². The smallest absolute Gasteiger partial charge is 0.251 e. The lowest BCUT2D eigenvalue weighted by molar-refractivity contribution is -0.119. The van der Waals surface area contributed by atoms with Crippen LogP contribution in [-0.4, -0.2) is 24.9 Å². The molecule has 2 aromatic carbocycles. The van der Waals surface area contributed by atoms with Gasteiger partial charge in [-0.1, -0.05) is 42.2 Å². The minimum Gasteiger partial charge on any atom is -0.344 e. The molecule has 2 rings (SSSR count). The molecule has 5 heteroatoms. The maximum atomic E-state index is 13.3. The van der Waals surface area contributed by atoms with Crippen LogP contribution in [-0.2, 0) is 4.79 Å². The van der Waals surface area contributed by atoms with E-state index in [1.165, 1.54) is 6.07 Å². The fraction of sp³-hybridized carbons (Fsp3) is 0.111. The first-order valence-corrected chi connectivity index (χ1v) is 7.00. The molecule has 2 amide bonds. The Morgan fingerprint density at radius 1 is 0.957 bits per heavy atom. The molecule has 0 aliphatic heterocycles. The average molecular weight is 310 g/mol. The zero-order valence-corrected chi connectivity index (χ0v) is 12.3. The summed E-state index contributed by atoms with van der Waals surface area (Å²) in [6, 6.07) is 14.8. The Morgan fingerprint density at radius 3 is 2.39 bits per heavy atom. The van der Waals surface area contributed by atoms with Crippen LogP contribution < -0.4 is 10.6 Å². The number of halogens is 1. The second-order valence-corrected chi connectivity index (χ2v) is 4.61. The summed E-state index contributed by atoms with van der Waals surface area (Å²) in [7, 11) is 0. The maximum absolute atomic E-state index is 13.3. The van der Waals surface area contributed by atoms with E-state index in [4.69, 9.17) is 0 Å². The van der Waals surface area contributed by atoms with Gasteiger partial charge in [-0.3, -0.25) is 9.59 Å². The van der Waals surface area contributed by atoms with Crippen molar-refractivity contribution in [1.82, 2.24) is 10.6 Å². The molecule has 23 heavy (non-hydrogen) atoms. The number of nitrogens with one attached hydrogen (secondary N) is 2. The Balaban J connectivity index is 1.74. The van der Waals surface area contributed by atoms with E-state index in [1.54, 1.807) is 48.5 Å². The quantitative estimate of drug-likeness (QED) is 0.845. The van der Waals surface area contributed by atoms with Gasteiger partial charge in [0.2, 0.25) is 5.91 Å². The van der Waals surface area contributed by atoms with Crippen molar-refractivity contribution in [2.75, 3.05) is 13.1 Å². The van der Waals surface area contributed by atoms with Gasteiger partial charge in [0.05, 0.1) is 18.7 Å². The van der Waals surface area contributed by atoms with E-state index in [0.717, 1.165) is 0 Å². The Bertz CT molecular complexity index is 748. The van der Waals surface area contributed by atoms with Crippen molar-refractivity contribution in [2.24, 2.45) is 0 Å². The molecule has 0 spiro atoms. The van der Waals surface area contributed by atoms with E-state index in [9.17, 15) is 14.0 Å². The van der Waals surface area contributed by atoms with Crippen molar-refractivity contribution in [3.63, 3.8) is 0 Å². The molecular weight excluding hydrogens is 295 g/mol. The monoisotopic (exact) mass is 310 g/mol. The lowest BCUT2D eigenvalue weighted by Gasteiger charge is -2.04. The second-order valence-electron chi connectivity index (χ2n) is 4.61. The molecule has 0 bridgehead atoms. The predicted octanol–water partition coefficient (Wildman–Crippen LogP) is 1.72. The van der Waals surface area contributed by atoms with Crippen LogP contribution in [0.25, 0.3) is 0 Å². The van der Waals surface area contributed by atoms with Crippen LogP contribution in [0.4, 0.5) is 4.39 Å². The Kier molecular flexibility index (Phi) is 5.89. The number of carbonyl (C=O) groups is 2. The van der Waals surface area contributed by atoms with Crippen LogP contribution in [0.2, 0.25) is 0 Å². The van der Waals surface area contributed by atoms with Gasteiger partial charge in [0.1, 0.15) is 5.82 Å². The van der Waals surface area contributed by atoms with Gasteiger partial charge < -0.3 is 10.6 Å². The fourth-order valence-corrected chi connectivity index (χ4v) is 1.76. The summed E-state index contributed by atoms with van der Waals surface area (Å²) in [5.41, 5.74) is 0.763. The third-order valence-electron chi connectivity index (χ3n) is 2.92. The van der Waals surface area contributed by atoms with Crippen LogP contribution in [0, 0.1) is 17.7 Å². The van der Waals surface area contributed by atoms with Gasteiger partial charge in [-0.05, 0) is 24.3 Å². The van der Waals surface area contributed by atoms with E-state index >= 15 is 0 Å². The maximum Gasteiger partial charge on any atom is 0.251 e. The summed E-state index contributed by atoms with van der Waals surface area (Å²) in [6.45, 7) is -0.0660. The highest BCUT2D eigenvalue weighted by molar-refractivity contribution is 5.96. The highest BCUT2D eigenvalue weighted by atomic mass is 19.1. The number of amides is 2. The van der Waals surface area contributed by atoms with Gasteiger partial charge in [0, 0.05) is 5.56 Å². The topological polar surface area (TPSA) is 58.2 Å². The van der Waals surface area contributed by atoms with Crippen LogP contribution in [0.3, 0.4) is 0 Å². The molecule has 0 saturated heterocycles. The van der Waals surface area contributed by atoms with Gasteiger partial charge in [0.25, 0.3) is 5.91 Å². The van der Waals surface area contributed by atoms with Crippen molar-refractivity contribution in [3.05, 3.63) is 71.5 Å². The van der Waals surface area contributed by atoms with Crippen LogP contribution in [0.5, 0.6) is 0 Å². The van der Waals surface area contributed by atoms with Gasteiger partial charge >= 0.3 is 0 Å². The molecule has 0 heterocycles. The molecule has 0 fully saturated rings. The van der Waals surface area contributed by atoms with Gasteiger partial charge in [-0.2, -0.15) is 0 Å². The summed E-state index contributed by atoms with van der Waals surface area (Å²) < 4.78 is 13.3. The van der Waals surface area contributed by atoms with Crippen LogP contribution in [0.15, 0.2) is 54.6 Å². The molecule has 0 radical (unpaired) electrons. The van der Waals surface area contributed by atoms with E-state index < -0.39 is 5.82 Å². The van der Waals surface area contributed by atoms with Crippen molar-refractivity contribution < 1.29 is 14.0 Å². The third kappa shape index (κ3) is 5.29. The van der Waals surface area contributed by atoms with Crippen molar-refractivity contribution in [1.29, 1.82) is 0 Å². The Morgan fingerprint density at radius 2 is 1.65 bits per heavy atom. The molecule has 0 aliphatic rings. The Hall–Kier alpha value is -3.13. The zero-order chi connectivity index (χ0) is 16.5. The second kappa shape index (κ2) is 8.35. The number of hydrogen-bond acceptors (Lipinski definition) is 2. The fourth-order valence-electron chi connectivity index (χ4n) is 1.76. The molecule has 2 aromatic rings. The van der Waals surface area contributed by atoms with Crippen molar-refractivity contribution >= 4 is 11.8 Å². The standard InChI is InChI=1S/C18H15FN2O2/c19-16-11-5-4-7-14(16)10-6-12-20-17(22)13-21-18(23)15-8-2-1-3-9-15/h1-5,7-9,11H,12-13H2,(H,20,22)(H,21,23). The van der Waals surface area contributed by atoms with Gasteiger partial charge in [0.15, 0.2) is 0 Å². The first kappa shape index (κ1) is 16.2. The minimum atomic E-state index is -0.401. The molecule has 0 aromatic heterocycles. The third-order valence-corrected chi connectivity index (χ3v) is 2.92. The number of benzene rings is 2. The highest BCUT2D eigenvalue weighted by Gasteiger charge is 2.06. The molecule has 4 nitrogen and oxygen atoms in total. The molecular formula is C18H15FN2O2. The number of carbonyl (C=O) groups excluding carboxylic acids is 2. The molecule has 0 saturated carbocycles. The Labute approximate surface area is 133 Å². The van der Waals surface area contributed by atoms with E-state index in [-0.39, 0.29) is 30.5 Å². The summed E-state index contributed by atoms with van der Waals surface area (Å²) in [6.07, 6.45) is 0. The molecule has 2 N–H and O–H groups in total. The lowest BCUT2D eigenvalue weighted by Crippen LogP contribution is -2.37. The van der Waals surface area contributed by atoms with Crippen molar-refractivity contribution in [2.45, 2.75) is 0 Å². The SMILES string of the molecule is O=C(CNC(=O)c1ccccc1)NCC#Cc1ccccc1F.